The second-order valence-corrected chi connectivity index (χ2v) is 10.1. The SMILES string of the molecule is CCC(C)CC(=O)Oc1ccc(C[C@H](N)C(=O)OC[C@H](C)OC(=O)OC(C)CC)cc1OC(=O)CC(C)CC. The molecule has 0 amide bonds. The first-order valence-corrected chi connectivity index (χ1v) is 13.7. The van der Waals surface area contributed by atoms with Crippen LogP contribution in [0.2, 0.25) is 0 Å². The summed E-state index contributed by atoms with van der Waals surface area (Å²) in [6.07, 6.45) is 0.947. The first-order chi connectivity index (χ1) is 18.4. The standard InChI is InChI=1S/C29H45NO9/c1-8-18(4)13-26(31)38-24-12-11-22(16-25(24)39-27(32)14-19(5)9-2)15-23(30)28(33)35-17-21(7)37-29(34)36-20(6)10-3/h11-12,16,18-21,23H,8-10,13-15,17,30H2,1-7H3/t18?,19?,20?,21-,23-/m0/s1. The molecule has 0 radical (unpaired) electrons. The van der Waals surface area contributed by atoms with Crippen molar-refractivity contribution in [1.82, 2.24) is 0 Å². The second kappa shape index (κ2) is 17.4. The van der Waals surface area contributed by atoms with Gasteiger partial charge >= 0.3 is 24.1 Å². The van der Waals surface area contributed by atoms with E-state index in [0.717, 1.165) is 12.8 Å². The van der Waals surface area contributed by atoms with Crippen molar-refractivity contribution >= 4 is 24.1 Å². The summed E-state index contributed by atoms with van der Waals surface area (Å²) < 4.78 is 26.3. The minimum Gasteiger partial charge on any atom is -0.461 e. The van der Waals surface area contributed by atoms with Gasteiger partial charge in [0.15, 0.2) is 11.5 Å². The fraction of sp³-hybridized carbons (Fsp3) is 0.655. The summed E-state index contributed by atoms with van der Waals surface area (Å²) in [6, 6.07) is 3.66. The highest BCUT2D eigenvalue weighted by Crippen LogP contribution is 2.30. The molecule has 0 aliphatic carbocycles. The number of nitrogens with two attached hydrogens (primary N) is 1. The van der Waals surface area contributed by atoms with Crippen molar-refractivity contribution in [1.29, 1.82) is 0 Å². The third kappa shape index (κ3) is 13.5. The van der Waals surface area contributed by atoms with Gasteiger partial charge < -0.3 is 29.4 Å². The summed E-state index contributed by atoms with van der Waals surface area (Å²) in [5.74, 6) is -1.09. The Morgan fingerprint density at radius 1 is 0.769 bits per heavy atom. The van der Waals surface area contributed by atoms with E-state index < -0.39 is 36.2 Å². The Bertz CT molecular complexity index is 949. The summed E-state index contributed by atoms with van der Waals surface area (Å²) in [5, 5.41) is 0. The van der Waals surface area contributed by atoms with Gasteiger partial charge in [0.2, 0.25) is 0 Å². The Hall–Kier alpha value is -3.14. The van der Waals surface area contributed by atoms with Gasteiger partial charge in [-0.25, -0.2) is 4.79 Å². The van der Waals surface area contributed by atoms with Gasteiger partial charge in [-0.15, -0.1) is 0 Å². The van der Waals surface area contributed by atoms with E-state index in [4.69, 9.17) is 29.4 Å². The number of rotatable bonds is 16. The topological polar surface area (TPSA) is 140 Å². The summed E-state index contributed by atoms with van der Waals surface area (Å²) in [6.45, 7) is 12.8. The van der Waals surface area contributed by atoms with Crippen molar-refractivity contribution in [2.75, 3.05) is 6.61 Å². The van der Waals surface area contributed by atoms with Crippen molar-refractivity contribution < 1.29 is 42.9 Å². The fourth-order valence-electron chi connectivity index (χ4n) is 3.15. The lowest BCUT2D eigenvalue weighted by molar-refractivity contribution is -0.148. The minimum atomic E-state index is -1.04. The van der Waals surface area contributed by atoms with Crippen molar-refractivity contribution in [2.24, 2.45) is 17.6 Å². The van der Waals surface area contributed by atoms with Crippen LogP contribution in [-0.2, 0) is 35.0 Å². The number of ether oxygens (including phenoxy) is 5. The predicted molar refractivity (Wildman–Crippen MR) is 145 cm³/mol. The highest BCUT2D eigenvalue weighted by atomic mass is 16.7. The van der Waals surface area contributed by atoms with Crippen LogP contribution < -0.4 is 15.2 Å². The van der Waals surface area contributed by atoms with Crippen molar-refractivity contribution in [3.05, 3.63) is 23.8 Å². The Kier molecular flexibility index (Phi) is 15.2. The van der Waals surface area contributed by atoms with Crippen LogP contribution in [0.5, 0.6) is 11.5 Å². The summed E-state index contributed by atoms with van der Waals surface area (Å²) >= 11 is 0. The lowest BCUT2D eigenvalue weighted by Gasteiger charge is -2.18. The molecule has 220 valence electrons. The van der Waals surface area contributed by atoms with E-state index in [2.05, 4.69) is 0 Å². The van der Waals surface area contributed by atoms with Gasteiger partial charge in [-0.3, -0.25) is 14.4 Å². The third-order valence-corrected chi connectivity index (χ3v) is 6.27. The van der Waals surface area contributed by atoms with Crippen molar-refractivity contribution in [3.63, 3.8) is 0 Å². The van der Waals surface area contributed by atoms with Gasteiger partial charge in [0.05, 0.1) is 0 Å². The van der Waals surface area contributed by atoms with Crippen LogP contribution in [0.3, 0.4) is 0 Å². The number of esters is 3. The molecule has 0 aliphatic rings. The quantitative estimate of drug-likeness (QED) is 0.217. The Morgan fingerprint density at radius 2 is 1.31 bits per heavy atom. The molecule has 5 atom stereocenters. The Morgan fingerprint density at radius 3 is 1.85 bits per heavy atom. The molecule has 3 unspecified atom stereocenters. The van der Waals surface area contributed by atoms with Gasteiger partial charge in [-0.05, 0) is 56.2 Å². The van der Waals surface area contributed by atoms with Gasteiger partial charge in [0.25, 0.3) is 0 Å². The van der Waals surface area contributed by atoms with Crippen LogP contribution in [0.1, 0.15) is 86.1 Å². The zero-order valence-electron chi connectivity index (χ0n) is 24.3. The number of hydrogen-bond donors (Lipinski definition) is 1. The average molecular weight is 552 g/mol. The molecule has 0 heterocycles. The zero-order chi connectivity index (χ0) is 29.5. The summed E-state index contributed by atoms with van der Waals surface area (Å²) in [7, 11) is 0. The van der Waals surface area contributed by atoms with Crippen LogP contribution in [0, 0.1) is 11.8 Å². The maximum Gasteiger partial charge on any atom is 0.508 e. The molecule has 39 heavy (non-hydrogen) atoms. The molecular weight excluding hydrogens is 506 g/mol. The van der Waals surface area contributed by atoms with E-state index in [1.54, 1.807) is 19.9 Å². The van der Waals surface area contributed by atoms with Gasteiger partial charge in [0, 0.05) is 12.8 Å². The average Bonchev–Trinajstić information content (AvgIpc) is 2.87. The molecule has 10 heteroatoms. The molecule has 1 rings (SSSR count). The number of carbonyl (C=O) groups is 4. The molecule has 1 aromatic carbocycles. The van der Waals surface area contributed by atoms with Gasteiger partial charge in [-0.2, -0.15) is 0 Å². The van der Waals surface area contributed by atoms with Gasteiger partial charge in [0.1, 0.15) is 24.9 Å². The molecule has 1 aromatic rings. The Balaban J connectivity index is 2.86. The zero-order valence-corrected chi connectivity index (χ0v) is 24.3. The third-order valence-electron chi connectivity index (χ3n) is 6.27. The normalized spacial score (nSPS) is 14.8. The van der Waals surface area contributed by atoms with E-state index in [1.807, 2.05) is 34.6 Å². The lowest BCUT2D eigenvalue weighted by Crippen LogP contribution is -2.36. The molecule has 0 saturated carbocycles. The molecular formula is C29H45NO9. The van der Waals surface area contributed by atoms with Crippen LogP contribution in [0.4, 0.5) is 4.79 Å². The monoisotopic (exact) mass is 551 g/mol. The van der Waals surface area contributed by atoms with Crippen LogP contribution >= 0.6 is 0 Å². The molecule has 0 fully saturated rings. The molecule has 0 bridgehead atoms. The van der Waals surface area contributed by atoms with Crippen LogP contribution in [0.15, 0.2) is 18.2 Å². The minimum absolute atomic E-state index is 0.0706. The molecule has 0 aromatic heterocycles. The van der Waals surface area contributed by atoms with E-state index in [1.165, 1.54) is 12.1 Å². The lowest BCUT2D eigenvalue weighted by atomic mass is 10.0. The molecule has 0 spiro atoms. The maximum atomic E-state index is 12.5. The highest BCUT2D eigenvalue weighted by Gasteiger charge is 2.22. The Labute approximate surface area is 231 Å². The van der Waals surface area contributed by atoms with Crippen molar-refractivity contribution in [3.8, 4) is 11.5 Å². The fourth-order valence-corrected chi connectivity index (χ4v) is 3.15. The molecule has 0 saturated heterocycles. The highest BCUT2D eigenvalue weighted by molar-refractivity contribution is 5.77. The van der Waals surface area contributed by atoms with E-state index in [0.29, 0.717) is 12.0 Å². The number of carbonyl (C=O) groups excluding carboxylic acids is 4. The molecule has 10 nitrogen and oxygen atoms in total. The largest absolute Gasteiger partial charge is 0.508 e. The predicted octanol–water partition coefficient (Wildman–Crippen LogP) is 5.12. The second-order valence-electron chi connectivity index (χ2n) is 10.1. The van der Waals surface area contributed by atoms with E-state index in [9.17, 15) is 19.2 Å². The maximum absolute atomic E-state index is 12.5. The molecule has 2 N–H and O–H groups in total. The van der Waals surface area contributed by atoms with E-state index >= 15 is 0 Å². The van der Waals surface area contributed by atoms with Crippen LogP contribution in [0.25, 0.3) is 0 Å². The first kappa shape index (κ1) is 33.9. The van der Waals surface area contributed by atoms with E-state index in [-0.39, 0.29) is 55.3 Å². The van der Waals surface area contributed by atoms with Crippen molar-refractivity contribution in [2.45, 2.75) is 105 Å². The van der Waals surface area contributed by atoms with Gasteiger partial charge in [-0.1, -0.05) is 53.5 Å². The number of hydrogen-bond acceptors (Lipinski definition) is 10. The van der Waals surface area contributed by atoms with Crippen LogP contribution in [-0.4, -0.2) is 48.9 Å². The number of benzene rings is 1. The summed E-state index contributed by atoms with van der Waals surface area (Å²) in [4.78, 5) is 49.0. The molecule has 0 aliphatic heterocycles. The first-order valence-electron chi connectivity index (χ1n) is 13.7. The summed E-state index contributed by atoms with van der Waals surface area (Å²) in [5.41, 5.74) is 6.62. The smallest absolute Gasteiger partial charge is 0.461 e.